The standard InChI is InChI=1S/C33H30N2O7S/c1-4-38-24-13-9-23(10-14-24)30-29(32(37)39-5-2)20(3)34-33-35(30)31(36)28(43-33)17-21-6-11-25(12-7-21)40-18-22-8-15-26-27(16-22)42-19-41-26/h6-17,30H,4-5,18-19H2,1-3H3/b28-17-/t30-/m1/s1. The Labute approximate surface area is 251 Å². The van der Waals surface area contributed by atoms with Gasteiger partial charge in [0.2, 0.25) is 6.79 Å². The largest absolute Gasteiger partial charge is 0.494 e. The lowest BCUT2D eigenvalue weighted by atomic mass is 9.96. The number of ether oxygens (including phenoxy) is 5. The summed E-state index contributed by atoms with van der Waals surface area (Å²) < 4.78 is 29.8. The molecule has 2 aliphatic rings. The predicted molar refractivity (Wildman–Crippen MR) is 161 cm³/mol. The van der Waals surface area contributed by atoms with E-state index < -0.39 is 12.0 Å². The van der Waals surface area contributed by atoms with Crippen LogP contribution in [0.15, 0.2) is 87.8 Å². The number of rotatable bonds is 9. The van der Waals surface area contributed by atoms with Gasteiger partial charge in [0.05, 0.1) is 35.1 Å². The second-order valence-electron chi connectivity index (χ2n) is 9.85. The highest BCUT2D eigenvalue weighted by Gasteiger charge is 2.33. The van der Waals surface area contributed by atoms with E-state index >= 15 is 0 Å². The molecule has 0 fully saturated rings. The van der Waals surface area contributed by atoms with Gasteiger partial charge < -0.3 is 23.7 Å². The van der Waals surface area contributed by atoms with Crippen molar-refractivity contribution in [3.8, 4) is 23.0 Å². The maximum Gasteiger partial charge on any atom is 0.338 e. The van der Waals surface area contributed by atoms with Gasteiger partial charge in [0.1, 0.15) is 18.1 Å². The molecule has 0 bridgehead atoms. The fourth-order valence-electron chi connectivity index (χ4n) is 5.03. The molecule has 6 rings (SSSR count). The molecule has 2 aliphatic heterocycles. The number of nitrogens with zero attached hydrogens (tertiary/aromatic N) is 2. The molecule has 43 heavy (non-hydrogen) atoms. The Morgan fingerprint density at radius 2 is 1.70 bits per heavy atom. The van der Waals surface area contributed by atoms with E-state index in [0.717, 1.165) is 22.4 Å². The molecule has 0 N–H and O–H groups in total. The minimum Gasteiger partial charge on any atom is -0.494 e. The summed E-state index contributed by atoms with van der Waals surface area (Å²) in [5, 5.41) is 0. The molecule has 0 aliphatic carbocycles. The molecule has 1 aromatic heterocycles. The van der Waals surface area contributed by atoms with Crippen LogP contribution in [0, 0.1) is 0 Å². The van der Waals surface area contributed by atoms with Crippen LogP contribution < -0.4 is 33.8 Å². The van der Waals surface area contributed by atoms with Gasteiger partial charge in [0, 0.05) is 0 Å². The predicted octanol–water partition coefficient (Wildman–Crippen LogP) is 4.50. The number of fused-ring (bicyclic) bond motifs is 2. The molecule has 0 unspecified atom stereocenters. The Kier molecular flexibility index (Phi) is 8.02. The van der Waals surface area contributed by atoms with Crippen molar-refractivity contribution in [3.05, 3.63) is 114 Å². The van der Waals surface area contributed by atoms with Crippen molar-refractivity contribution in [2.75, 3.05) is 20.0 Å². The van der Waals surface area contributed by atoms with E-state index in [-0.39, 0.29) is 19.0 Å². The Morgan fingerprint density at radius 3 is 2.44 bits per heavy atom. The van der Waals surface area contributed by atoms with Gasteiger partial charge in [-0.3, -0.25) is 9.36 Å². The molecule has 0 saturated carbocycles. The minimum absolute atomic E-state index is 0.215. The summed E-state index contributed by atoms with van der Waals surface area (Å²) in [6.07, 6.45) is 1.82. The number of hydrogen-bond acceptors (Lipinski definition) is 9. The lowest BCUT2D eigenvalue weighted by molar-refractivity contribution is -0.139. The molecule has 4 aromatic rings. The number of allylic oxidation sites excluding steroid dienone is 1. The van der Waals surface area contributed by atoms with Crippen molar-refractivity contribution in [3.63, 3.8) is 0 Å². The van der Waals surface area contributed by atoms with Gasteiger partial charge in [-0.25, -0.2) is 9.79 Å². The lowest BCUT2D eigenvalue weighted by Gasteiger charge is -2.24. The fraction of sp³-hybridized carbons (Fsp3) is 0.242. The average molecular weight is 599 g/mol. The van der Waals surface area contributed by atoms with Crippen LogP contribution in [-0.4, -0.2) is 30.5 Å². The first-order valence-corrected chi connectivity index (χ1v) is 14.8. The summed E-state index contributed by atoms with van der Waals surface area (Å²) in [5.74, 6) is 2.36. The number of aromatic nitrogens is 1. The van der Waals surface area contributed by atoms with Gasteiger partial charge >= 0.3 is 5.97 Å². The zero-order chi connectivity index (χ0) is 29.9. The Hall–Kier alpha value is -4.83. The second kappa shape index (κ2) is 12.2. The van der Waals surface area contributed by atoms with Gasteiger partial charge in [0.25, 0.3) is 5.56 Å². The molecular weight excluding hydrogens is 568 g/mol. The second-order valence-corrected chi connectivity index (χ2v) is 10.9. The van der Waals surface area contributed by atoms with Crippen LogP contribution in [0.3, 0.4) is 0 Å². The number of benzene rings is 3. The summed E-state index contributed by atoms with van der Waals surface area (Å²) in [4.78, 5) is 32.1. The van der Waals surface area contributed by atoms with Crippen LogP contribution in [0.4, 0.5) is 0 Å². The normalized spacial score (nSPS) is 15.6. The van der Waals surface area contributed by atoms with E-state index in [2.05, 4.69) is 4.99 Å². The van der Waals surface area contributed by atoms with Gasteiger partial charge in [-0.05, 0) is 79.9 Å². The van der Waals surface area contributed by atoms with E-state index in [9.17, 15) is 9.59 Å². The van der Waals surface area contributed by atoms with Crippen molar-refractivity contribution in [2.45, 2.75) is 33.4 Å². The molecule has 220 valence electrons. The number of hydrogen-bond donors (Lipinski definition) is 0. The van der Waals surface area contributed by atoms with Crippen LogP contribution in [0.25, 0.3) is 6.08 Å². The summed E-state index contributed by atoms with van der Waals surface area (Å²) in [6, 6.07) is 20.0. The third-order valence-electron chi connectivity index (χ3n) is 7.04. The molecule has 3 aromatic carbocycles. The monoisotopic (exact) mass is 598 g/mol. The molecule has 0 spiro atoms. The summed E-state index contributed by atoms with van der Waals surface area (Å²) >= 11 is 1.28. The number of thiazole rings is 1. The smallest absolute Gasteiger partial charge is 0.338 e. The van der Waals surface area contributed by atoms with Crippen molar-refractivity contribution in [1.29, 1.82) is 0 Å². The van der Waals surface area contributed by atoms with Gasteiger partial charge in [-0.15, -0.1) is 0 Å². The van der Waals surface area contributed by atoms with Gasteiger partial charge in [-0.2, -0.15) is 0 Å². The maximum absolute atomic E-state index is 13.8. The van der Waals surface area contributed by atoms with E-state index in [1.54, 1.807) is 18.4 Å². The zero-order valence-corrected chi connectivity index (χ0v) is 24.8. The third-order valence-corrected chi connectivity index (χ3v) is 8.03. The molecule has 10 heteroatoms. The lowest BCUT2D eigenvalue weighted by Crippen LogP contribution is -2.39. The summed E-state index contributed by atoms with van der Waals surface area (Å²) in [5.41, 5.74) is 3.19. The van der Waals surface area contributed by atoms with Crippen LogP contribution in [-0.2, 0) is 16.1 Å². The van der Waals surface area contributed by atoms with Gasteiger partial charge in [0.15, 0.2) is 16.3 Å². The Balaban J connectivity index is 1.29. The number of carbonyl (C=O) groups excluding carboxylic acids is 1. The first kappa shape index (κ1) is 28.3. The molecular formula is C33H30N2O7S. The number of carbonyl (C=O) groups is 1. The highest BCUT2D eigenvalue weighted by atomic mass is 32.1. The van der Waals surface area contributed by atoms with E-state index in [1.165, 1.54) is 11.3 Å². The first-order chi connectivity index (χ1) is 20.9. The zero-order valence-electron chi connectivity index (χ0n) is 24.0. The topological polar surface area (TPSA) is 97.6 Å². The molecule has 0 radical (unpaired) electrons. The van der Waals surface area contributed by atoms with Crippen LogP contribution in [0.1, 0.15) is 43.5 Å². The van der Waals surface area contributed by atoms with Gasteiger partial charge in [-0.1, -0.05) is 41.7 Å². The molecule has 1 atom stereocenters. The van der Waals surface area contributed by atoms with Crippen LogP contribution >= 0.6 is 11.3 Å². The van der Waals surface area contributed by atoms with Crippen LogP contribution in [0.2, 0.25) is 0 Å². The summed E-state index contributed by atoms with van der Waals surface area (Å²) in [6.45, 7) is 6.80. The van der Waals surface area contributed by atoms with E-state index in [1.807, 2.05) is 79.7 Å². The minimum atomic E-state index is -0.680. The highest BCUT2D eigenvalue weighted by molar-refractivity contribution is 7.07. The Morgan fingerprint density at radius 1 is 0.977 bits per heavy atom. The van der Waals surface area contributed by atoms with Crippen molar-refractivity contribution < 1.29 is 28.5 Å². The van der Waals surface area contributed by atoms with Crippen molar-refractivity contribution >= 4 is 23.4 Å². The molecule has 9 nitrogen and oxygen atoms in total. The Bertz CT molecular complexity index is 1870. The first-order valence-electron chi connectivity index (χ1n) is 14.0. The van der Waals surface area contributed by atoms with Crippen molar-refractivity contribution in [2.24, 2.45) is 4.99 Å². The van der Waals surface area contributed by atoms with E-state index in [4.69, 9.17) is 23.7 Å². The average Bonchev–Trinajstić information content (AvgIpc) is 3.60. The third kappa shape index (κ3) is 5.78. The molecule has 0 amide bonds. The molecule has 3 heterocycles. The highest BCUT2D eigenvalue weighted by Crippen LogP contribution is 2.33. The molecule has 0 saturated heterocycles. The summed E-state index contributed by atoms with van der Waals surface area (Å²) in [7, 11) is 0. The van der Waals surface area contributed by atoms with Crippen molar-refractivity contribution in [1.82, 2.24) is 4.57 Å². The van der Waals surface area contributed by atoms with E-state index in [0.29, 0.717) is 51.1 Å². The quantitative estimate of drug-likeness (QED) is 0.262. The maximum atomic E-state index is 13.8. The number of esters is 1. The SMILES string of the molecule is CCOC(=O)C1=C(C)N=c2s/c(=C\c3ccc(OCc4ccc5c(c4)OCO5)cc3)c(=O)n2[C@@H]1c1ccc(OCC)cc1. The fourth-order valence-corrected chi connectivity index (χ4v) is 6.08. The van der Waals surface area contributed by atoms with Crippen LogP contribution in [0.5, 0.6) is 23.0 Å².